The molecule has 0 amide bonds. The van der Waals surface area contributed by atoms with Crippen LogP contribution in [-0.2, 0) is 9.84 Å². The standard InChI is InChI=1S/C14H18N2O5S/c1-2-3-4-8-11-20-13-14(16(17)21-15-13)22(18,19)12-9-6-5-7-10-12/h5-7,9-10H,2-4,8,11H2,1H3. The lowest BCUT2D eigenvalue weighted by Gasteiger charge is -2.03. The number of hydrogen-bond donors (Lipinski definition) is 0. The van der Waals surface area contributed by atoms with Crippen LogP contribution >= 0.6 is 0 Å². The predicted octanol–water partition coefficient (Wildman–Crippen LogP) is 2.10. The molecular weight excluding hydrogens is 308 g/mol. The Morgan fingerprint density at radius 1 is 1.23 bits per heavy atom. The Balaban J connectivity index is 2.19. The van der Waals surface area contributed by atoms with E-state index in [-0.39, 0.29) is 22.3 Å². The van der Waals surface area contributed by atoms with E-state index in [1.807, 2.05) is 0 Å². The van der Waals surface area contributed by atoms with Gasteiger partial charge in [0.25, 0.3) is 9.84 Å². The maximum Gasteiger partial charge on any atom is 0.414 e. The van der Waals surface area contributed by atoms with E-state index in [0.717, 1.165) is 25.7 Å². The summed E-state index contributed by atoms with van der Waals surface area (Å²) in [6.45, 7) is 2.37. The number of aromatic nitrogens is 2. The molecule has 0 spiro atoms. The molecule has 0 saturated heterocycles. The summed E-state index contributed by atoms with van der Waals surface area (Å²) in [6, 6.07) is 7.62. The fraction of sp³-hybridized carbons (Fsp3) is 0.429. The summed E-state index contributed by atoms with van der Waals surface area (Å²) in [5.74, 6) is -0.296. The summed E-state index contributed by atoms with van der Waals surface area (Å²) in [7, 11) is -4.04. The lowest BCUT2D eigenvalue weighted by Crippen LogP contribution is -2.30. The van der Waals surface area contributed by atoms with Gasteiger partial charge in [-0.1, -0.05) is 44.4 Å². The van der Waals surface area contributed by atoms with Gasteiger partial charge in [0.15, 0.2) is 0 Å². The number of unbranched alkanes of at least 4 members (excludes halogenated alkanes) is 3. The van der Waals surface area contributed by atoms with E-state index >= 15 is 0 Å². The number of nitrogens with zero attached hydrogens (tertiary/aromatic N) is 2. The smallest absolute Gasteiger partial charge is 0.414 e. The van der Waals surface area contributed by atoms with Crippen LogP contribution in [0.3, 0.4) is 0 Å². The van der Waals surface area contributed by atoms with Crippen LogP contribution in [-0.4, -0.2) is 20.2 Å². The van der Waals surface area contributed by atoms with Crippen molar-refractivity contribution in [3.05, 3.63) is 35.5 Å². The van der Waals surface area contributed by atoms with Gasteiger partial charge in [-0.15, -0.1) is 0 Å². The SMILES string of the molecule is CCCCCCOc1no[n+]([O-])c1S(=O)(=O)c1ccccc1. The highest BCUT2D eigenvalue weighted by Crippen LogP contribution is 2.24. The van der Waals surface area contributed by atoms with Gasteiger partial charge in [0.2, 0.25) is 0 Å². The highest BCUT2D eigenvalue weighted by Gasteiger charge is 2.35. The molecule has 2 rings (SSSR count). The van der Waals surface area contributed by atoms with Gasteiger partial charge in [-0.05, 0) is 23.5 Å². The fourth-order valence-corrected chi connectivity index (χ4v) is 3.23. The minimum Gasteiger partial charge on any atom is -0.454 e. The Morgan fingerprint density at radius 3 is 2.64 bits per heavy atom. The molecule has 1 aromatic heterocycles. The summed E-state index contributed by atoms with van der Waals surface area (Å²) in [6.07, 6.45) is 3.87. The van der Waals surface area contributed by atoms with Gasteiger partial charge in [0.1, 0.15) is 0 Å². The van der Waals surface area contributed by atoms with Gasteiger partial charge in [0.05, 0.1) is 16.7 Å². The maximum atomic E-state index is 12.5. The molecule has 0 N–H and O–H groups in total. The van der Waals surface area contributed by atoms with Gasteiger partial charge in [-0.3, -0.25) is 4.63 Å². The second-order valence-electron chi connectivity index (χ2n) is 4.77. The van der Waals surface area contributed by atoms with Crippen LogP contribution in [0.25, 0.3) is 0 Å². The van der Waals surface area contributed by atoms with Crippen molar-refractivity contribution < 1.29 is 22.7 Å². The molecule has 22 heavy (non-hydrogen) atoms. The molecule has 1 aromatic carbocycles. The summed E-state index contributed by atoms with van der Waals surface area (Å²) in [5.41, 5.74) is 0. The highest BCUT2D eigenvalue weighted by molar-refractivity contribution is 7.91. The van der Waals surface area contributed by atoms with Gasteiger partial charge >= 0.3 is 10.9 Å². The zero-order valence-corrected chi connectivity index (χ0v) is 13.1. The molecule has 0 aliphatic rings. The van der Waals surface area contributed by atoms with Gasteiger partial charge in [-0.25, -0.2) is 8.42 Å². The van der Waals surface area contributed by atoms with Crippen molar-refractivity contribution in [1.82, 2.24) is 5.16 Å². The quantitative estimate of drug-likeness (QED) is 0.544. The summed E-state index contributed by atoms with van der Waals surface area (Å²) in [5, 5.41) is 14.4. The van der Waals surface area contributed by atoms with Crippen molar-refractivity contribution in [1.29, 1.82) is 0 Å². The van der Waals surface area contributed by atoms with Gasteiger partial charge in [0, 0.05) is 0 Å². The highest BCUT2D eigenvalue weighted by atomic mass is 32.2. The van der Waals surface area contributed by atoms with Crippen LogP contribution in [0.15, 0.2) is 44.9 Å². The van der Waals surface area contributed by atoms with E-state index in [0.29, 0.717) is 0 Å². The average Bonchev–Trinajstić information content (AvgIpc) is 2.89. The first kappa shape index (κ1) is 16.3. The molecule has 120 valence electrons. The topological polar surface area (TPSA) is 96.3 Å². The van der Waals surface area contributed by atoms with E-state index in [4.69, 9.17) is 4.74 Å². The van der Waals surface area contributed by atoms with E-state index in [2.05, 4.69) is 16.7 Å². The third-order valence-electron chi connectivity index (χ3n) is 3.09. The second-order valence-corrected chi connectivity index (χ2v) is 6.63. The molecule has 7 nitrogen and oxygen atoms in total. The first-order chi connectivity index (χ1) is 10.6. The zero-order chi connectivity index (χ0) is 16.0. The first-order valence-corrected chi connectivity index (χ1v) is 8.58. The van der Waals surface area contributed by atoms with Crippen molar-refractivity contribution in [2.24, 2.45) is 0 Å². The van der Waals surface area contributed by atoms with E-state index < -0.39 is 14.9 Å². The predicted molar refractivity (Wildman–Crippen MR) is 77.0 cm³/mol. The van der Waals surface area contributed by atoms with E-state index in [1.54, 1.807) is 18.2 Å². The molecule has 0 aliphatic carbocycles. The van der Waals surface area contributed by atoms with Crippen molar-refractivity contribution >= 4 is 9.84 Å². The molecule has 2 aromatic rings. The van der Waals surface area contributed by atoms with Crippen molar-refractivity contribution in [3.8, 4) is 5.88 Å². The first-order valence-electron chi connectivity index (χ1n) is 7.10. The number of rotatable bonds is 8. The minimum absolute atomic E-state index is 0.0152. The molecule has 0 saturated carbocycles. The summed E-state index contributed by atoms with van der Waals surface area (Å²) >= 11 is 0. The summed E-state index contributed by atoms with van der Waals surface area (Å²) in [4.78, 5) is -0.150. The Hall–Kier alpha value is -2.09. The van der Waals surface area contributed by atoms with Gasteiger partial charge in [-0.2, -0.15) is 0 Å². The molecule has 0 bridgehead atoms. The maximum absolute atomic E-state index is 12.5. The molecule has 0 radical (unpaired) electrons. The van der Waals surface area contributed by atoms with Crippen LogP contribution < -0.4 is 9.64 Å². The van der Waals surface area contributed by atoms with Crippen LogP contribution in [0.2, 0.25) is 0 Å². The van der Waals surface area contributed by atoms with Crippen LogP contribution in [0, 0.1) is 5.21 Å². The molecule has 8 heteroatoms. The van der Waals surface area contributed by atoms with Crippen molar-refractivity contribution in [2.75, 3.05) is 6.61 Å². The lowest BCUT2D eigenvalue weighted by molar-refractivity contribution is -0.832. The molecule has 1 heterocycles. The van der Waals surface area contributed by atoms with Crippen LogP contribution in [0.1, 0.15) is 32.6 Å². The third-order valence-corrected chi connectivity index (χ3v) is 4.82. The van der Waals surface area contributed by atoms with Crippen LogP contribution in [0.4, 0.5) is 0 Å². The Labute approximate surface area is 129 Å². The summed E-state index contributed by atoms with van der Waals surface area (Å²) < 4.78 is 34.6. The Kier molecular flexibility index (Phi) is 5.37. The molecule has 0 aliphatic heterocycles. The van der Waals surface area contributed by atoms with Crippen LogP contribution in [0.5, 0.6) is 5.88 Å². The third kappa shape index (κ3) is 3.56. The monoisotopic (exact) mass is 326 g/mol. The second kappa shape index (κ2) is 7.26. The average molecular weight is 326 g/mol. The molecule has 0 unspecified atom stereocenters. The number of ether oxygens (including phenoxy) is 1. The molecule has 0 fully saturated rings. The van der Waals surface area contributed by atoms with Crippen molar-refractivity contribution in [2.45, 2.75) is 42.5 Å². The molecular formula is C14H18N2O5S. The minimum atomic E-state index is -4.04. The zero-order valence-electron chi connectivity index (χ0n) is 12.3. The number of sulfone groups is 1. The Morgan fingerprint density at radius 2 is 1.95 bits per heavy atom. The lowest BCUT2D eigenvalue weighted by atomic mass is 10.2. The largest absolute Gasteiger partial charge is 0.454 e. The normalized spacial score (nSPS) is 11.5. The Bertz CT molecular complexity index is 697. The number of benzene rings is 1. The van der Waals surface area contributed by atoms with E-state index in [9.17, 15) is 13.6 Å². The number of hydrogen-bond acceptors (Lipinski definition) is 6. The van der Waals surface area contributed by atoms with Gasteiger partial charge < -0.3 is 9.94 Å². The van der Waals surface area contributed by atoms with Crippen molar-refractivity contribution in [3.63, 3.8) is 0 Å². The van der Waals surface area contributed by atoms with E-state index in [1.165, 1.54) is 12.1 Å². The molecule has 0 atom stereocenters. The fourth-order valence-electron chi connectivity index (χ4n) is 1.94.